The van der Waals surface area contributed by atoms with Crippen LogP contribution in [0, 0.1) is 17.3 Å². The normalized spacial score (nSPS) is 21.0. The molecule has 1 saturated heterocycles. The largest absolute Gasteiger partial charge is 1.00 e. The van der Waals surface area contributed by atoms with Gasteiger partial charge in [-0.1, -0.05) is 51.1 Å². The smallest absolute Gasteiger partial charge is 0.550 e. The predicted molar refractivity (Wildman–Crippen MR) is 158 cm³/mol. The third-order valence-electron chi connectivity index (χ3n) is 9.37. The van der Waals surface area contributed by atoms with Gasteiger partial charge in [-0.25, -0.2) is 4.98 Å². The van der Waals surface area contributed by atoms with Crippen molar-refractivity contribution in [3.8, 4) is 22.8 Å². The first kappa shape index (κ1) is 31.1. The molecule has 1 unspecified atom stereocenters. The summed E-state index contributed by atoms with van der Waals surface area (Å²) < 4.78 is 12.1. The van der Waals surface area contributed by atoms with E-state index in [9.17, 15) is 9.90 Å². The maximum atomic E-state index is 11.8. The van der Waals surface area contributed by atoms with Crippen LogP contribution in [0.25, 0.3) is 11.1 Å². The molecule has 1 aromatic heterocycles. The fourth-order valence-electron chi connectivity index (χ4n) is 6.91. The van der Waals surface area contributed by atoms with Crippen molar-refractivity contribution in [2.45, 2.75) is 71.4 Å². The number of likely N-dealkylation sites (tertiary alicyclic amines) is 1. The zero-order valence-electron chi connectivity index (χ0n) is 25.7. The topological polar surface area (TPSA) is 74.7 Å². The SMILES string of the molecule is COc1cc(-c2ccc(C3CCc4ccc([C@H](C5CC5)[C@H](C)C(=O)[O-])cc4O3)cc2CN2CCC(C)(C)C2)ccn1.[Na+]. The molecule has 6 nitrogen and oxygen atoms in total. The second kappa shape index (κ2) is 12.7. The summed E-state index contributed by atoms with van der Waals surface area (Å²) in [5.74, 6) is 0.401. The van der Waals surface area contributed by atoms with Gasteiger partial charge in [-0.05, 0) is 101 Å². The van der Waals surface area contributed by atoms with Crippen LogP contribution in [-0.4, -0.2) is 36.1 Å². The monoisotopic (exact) mass is 576 g/mol. The zero-order valence-corrected chi connectivity index (χ0v) is 27.7. The second-order valence-corrected chi connectivity index (χ2v) is 13.1. The summed E-state index contributed by atoms with van der Waals surface area (Å²) in [7, 11) is 1.65. The van der Waals surface area contributed by atoms with Crippen molar-refractivity contribution in [1.82, 2.24) is 9.88 Å². The van der Waals surface area contributed by atoms with E-state index < -0.39 is 11.9 Å². The fourth-order valence-corrected chi connectivity index (χ4v) is 6.91. The van der Waals surface area contributed by atoms with Gasteiger partial charge >= 0.3 is 29.6 Å². The number of aromatic nitrogens is 1. The molecule has 2 aliphatic heterocycles. The number of hydrogen-bond donors (Lipinski definition) is 0. The first-order chi connectivity index (χ1) is 19.7. The predicted octanol–water partition coefficient (Wildman–Crippen LogP) is 2.94. The number of benzene rings is 2. The fraction of sp³-hybridized carbons (Fsp3) is 0.486. The quantitative estimate of drug-likeness (QED) is 0.365. The summed E-state index contributed by atoms with van der Waals surface area (Å²) >= 11 is 0. The van der Waals surface area contributed by atoms with Crippen molar-refractivity contribution in [2.75, 3.05) is 20.2 Å². The minimum atomic E-state index is -0.973. The third-order valence-corrected chi connectivity index (χ3v) is 9.37. The molecule has 3 heterocycles. The molecular weight excluding hydrogens is 535 g/mol. The Labute approximate surface area is 272 Å². The van der Waals surface area contributed by atoms with Gasteiger partial charge in [-0.3, -0.25) is 4.90 Å². The van der Waals surface area contributed by atoms with Gasteiger partial charge in [-0.15, -0.1) is 0 Å². The summed E-state index contributed by atoms with van der Waals surface area (Å²) in [6.07, 6.45) is 6.96. The van der Waals surface area contributed by atoms with Crippen molar-refractivity contribution in [3.05, 3.63) is 77.0 Å². The van der Waals surface area contributed by atoms with Crippen molar-refractivity contribution in [3.63, 3.8) is 0 Å². The first-order valence-corrected chi connectivity index (χ1v) is 15.1. The number of aliphatic carboxylic acids is 1. The van der Waals surface area contributed by atoms with E-state index in [0.717, 1.165) is 62.2 Å². The number of ether oxygens (including phenoxy) is 2. The number of nitrogens with zero attached hydrogens (tertiary/aromatic N) is 2. The molecule has 3 aromatic rings. The second-order valence-electron chi connectivity index (χ2n) is 13.1. The van der Waals surface area contributed by atoms with Crippen LogP contribution in [0.15, 0.2) is 54.7 Å². The Bertz CT molecular complexity index is 1440. The average molecular weight is 577 g/mol. The van der Waals surface area contributed by atoms with Crippen molar-refractivity contribution >= 4 is 5.97 Å². The average Bonchev–Trinajstić information content (AvgIpc) is 3.74. The zero-order chi connectivity index (χ0) is 28.7. The molecule has 216 valence electrons. The van der Waals surface area contributed by atoms with Gasteiger partial charge in [0.05, 0.1) is 7.11 Å². The minimum Gasteiger partial charge on any atom is -0.550 e. The van der Waals surface area contributed by atoms with Crippen LogP contribution < -0.4 is 44.1 Å². The van der Waals surface area contributed by atoms with E-state index >= 15 is 0 Å². The Morgan fingerprint density at radius 1 is 1.14 bits per heavy atom. The van der Waals surface area contributed by atoms with Crippen LogP contribution in [0.4, 0.5) is 0 Å². The van der Waals surface area contributed by atoms with Crippen LogP contribution in [0.5, 0.6) is 11.6 Å². The molecule has 3 atom stereocenters. The van der Waals surface area contributed by atoms with E-state index in [-0.39, 0.29) is 41.6 Å². The Balaban J connectivity index is 0.00000353. The first-order valence-electron chi connectivity index (χ1n) is 15.1. The number of carbonyl (C=O) groups is 1. The number of pyridine rings is 1. The molecule has 0 spiro atoms. The molecule has 0 radical (unpaired) electrons. The van der Waals surface area contributed by atoms with Crippen LogP contribution >= 0.6 is 0 Å². The molecule has 1 aliphatic carbocycles. The Hall–Kier alpha value is -2.38. The van der Waals surface area contributed by atoms with Crippen molar-refractivity contribution in [2.24, 2.45) is 17.3 Å². The van der Waals surface area contributed by atoms with Crippen molar-refractivity contribution < 1.29 is 48.9 Å². The number of carboxylic acids is 1. The molecule has 2 fully saturated rings. The molecule has 0 bridgehead atoms. The summed E-state index contributed by atoms with van der Waals surface area (Å²) in [5, 5.41) is 11.8. The molecule has 7 heteroatoms. The van der Waals surface area contributed by atoms with E-state index in [1.165, 1.54) is 28.7 Å². The van der Waals surface area contributed by atoms with Crippen LogP contribution in [0.3, 0.4) is 0 Å². The van der Waals surface area contributed by atoms with Gasteiger partial charge in [0.1, 0.15) is 11.9 Å². The Morgan fingerprint density at radius 3 is 2.64 bits per heavy atom. The van der Waals surface area contributed by atoms with E-state index in [1.54, 1.807) is 20.2 Å². The number of aryl methyl sites for hydroxylation is 1. The van der Waals surface area contributed by atoms with E-state index in [0.29, 0.717) is 17.2 Å². The van der Waals surface area contributed by atoms with Crippen LogP contribution in [0.2, 0.25) is 0 Å². The Kier molecular flexibility index (Phi) is 9.39. The molecule has 0 amide bonds. The summed E-state index contributed by atoms with van der Waals surface area (Å²) in [6, 6.07) is 17.2. The summed E-state index contributed by atoms with van der Waals surface area (Å²) in [5.41, 5.74) is 7.35. The maximum absolute atomic E-state index is 11.8. The van der Waals surface area contributed by atoms with Gasteiger partial charge in [0, 0.05) is 37.2 Å². The van der Waals surface area contributed by atoms with Gasteiger partial charge < -0.3 is 19.4 Å². The number of carboxylic acid groups (broad SMARTS) is 1. The molecule has 2 aromatic carbocycles. The summed E-state index contributed by atoms with van der Waals surface area (Å²) in [4.78, 5) is 18.6. The van der Waals surface area contributed by atoms with Gasteiger partial charge in [0.15, 0.2) is 0 Å². The molecule has 0 N–H and O–H groups in total. The third kappa shape index (κ3) is 6.72. The van der Waals surface area contributed by atoms with Crippen LogP contribution in [0.1, 0.15) is 80.7 Å². The van der Waals surface area contributed by atoms with Gasteiger partial charge in [0.2, 0.25) is 5.88 Å². The number of fused-ring (bicyclic) bond motifs is 1. The standard InChI is InChI=1S/C35H42N2O4.Na/c1-22(34(38)39)33(24-6-7-24)27-8-5-23-10-12-30(41-31(23)18-27)26-9-11-29(25-13-15-36-32(19-25)40-4)28(17-26)20-37-16-14-35(2,3)21-37;/h5,8-9,11,13,15,17-19,22,24,30,33H,6-7,10,12,14,16,20-21H2,1-4H3,(H,38,39);/q;+1/p-1/t22-,30?,33-;/m0./s1. The summed E-state index contributed by atoms with van der Waals surface area (Å²) in [6.45, 7) is 9.54. The number of hydrogen-bond acceptors (Lipinski definition) is 6. The minimum absolute atomic E-state index is 0. The maximum Gasteiger partial charge on any atom is 1.00 e. The van der Waals surface area contributed by atoms with Gasteiger partial charge in [0.25, 0.3) is 0 Å². The van der Waals surface area contributed by atoms with E-state index in [1.807, 2.05) is 12.1 Å². The van der Waals surface area contributed by atoms with Crippen molar-refractivity contribution in [1.29, 1.82) is 0 Å². The number of carbonyl (C=O) groups excluding carboxylic acids is 1. The molecule has 6 rings (SSSR count). The molecule has 3 aliphatic rings. The number of methoxy groups -OCH3 is 1. The number of rotatable bonds is 9. The molecule has 1 saturated carbocycles. The van der Waals surface area contributed by atoms with Crippen LogP contribution in [-0.2, 0) is 17.8 Å². The Morgan fingerprint density at radius 2 is 1.95 bits per heavy atom. The molecule has 42 heavy (non-hydrogen) atoms. The van der Waals surface area contributed by atoms with E-state index in [4.69, 9.17) is 9.47 Å². The van der Waals surface area contributed by atoms with E-state index in [2.05, 4.69) is 60.1 Å². The van der Waals surface area contributed by atoms with Gasteiger partial charge in [-0.2, -0.15) is 0 Å². The molecular formula is C35H41N2NaO4.